The molecule has 2 amide bonds. The highest BCUT2D eigenvalue weighted by molar-refractivity contribution is 14.2. The molecule has 0 atom stereocenters. The van der Waals surface area contributed by atoms with Crippen molar-refractivity contribution in [2.24, 2.45) is 0 Å². The SMILES string of the molecule is C=IC(F)(F)COc1nc2nc(n1)Nc1ccc(cc1)C(=O)NCCCCCCCCCCCCNC(=O)c1ccc(cc1)CN2. The van der Waals surface area contributed by atoms with Gasteiger partial charge in [-0.25, -0.2) is 0 Å². The number of halogens is 3. The molecule has 0 fully saturated rings. The lowest BCUT2D eigenvalue weighted by molar-refractivity contribution is 0.0601. The Bertz CT molecular complexity index is 1430. The zero-order valence-corrected chi connectivity index (χ0v) is 28.1. The van der Waals surface area contributed by atoms with Crippen LogP contribution in [0.4, 0.5) is 26.4 Å². The van der Waals surface area contributed by atoms with Gasteiger partial charge in [-0.05, 0) is 75.5 Å². The number of aromatic nitrogens is 3. The third kappa shape index (κ3) is 12.2. The molecule has 6 rings (SSSR count). The van der Waals surface area contributed by atoms with Gasteiger partial charge in [-0.3, -0.25) is 9.59 Å². The molecule has 13 heteroatoms. The van der Waals surface area contributed by atoms with Gasteiger partial charge in [-0.1, -0.05) is 68.0 Å². The second kappa shape index (κ2) is 18.4. The highest BCUT2D eigenvalue weighted by Crippen LogP contribution is 2.28. The van der Waals surface area contributed by atoms with Crippen LogP contribution in [0.25, 0.3) is 0 Å². The van der Waals surface area contributed by atoms with Crippen LogP contribution in [0.1, 0.15) is 90.5 Å². The summed E-state index contributed by atoms with van der Waals surface area (Å²) in [6.45, 7) is 0.679. The van der Waals surface area contributed by atoms with Crippen molar-refractivity contribution in [2.75, 3.05) is 30.3 Å². The Morgan fingerprint density at radius 2 is 1.20 bits per heavy atom. The molecule has 3 aliphatic rings. The van der Waals surface area contributed by atoms with Crippen molar-refractivity contribution in [3.8, 4) is 6.01 Å². The molecule has 3 aromatic rings. The number of alkyl halides is 3. The van der Waals surface area contributed by atoms with Gasteiger partial charge in [0.15, 0.2) is 6.61 Å². The molecular formula is C33H42F2IN7O3. The summed E-state index contributed by atoms with van der Waals surface area (Å²) in [6, 6.07) is 13.7. The number of benzene rings is 2. The number of nitrogens with zero attached hydrogens (tertiary/aromatic N) is 3. The molecule has 248 valence electrons. The molecule has 0 spiro atoms. The van der Waals surface area contributed by atoms with Crippen molar-refractivity contribution in [1.29, 1.82) is 0 Å². The summed E-state index contributed by atoms with van der Waals surface area (Å²) in [4.78, 5) is 37.9. The monoisotopic (exact) mass is 749 g/mol. The molecule has 1 aromatic heterocycles. The fourth-order valence-corrected chi connectivity index (χ4v) is 5.18. The number of ether oxygens (including phenoxy) is 1. The van der Waals surface area contributed by atoms with Crippen molar-refractivity contribution in [1.82, 2.24) is 25.6 Å². The fraction of sp³-hybridized carbons (Fsp3) is 0.455. The first kappa shape index (κ1) is 35.1. The molecule has 4 N–H and O–H groups in total. The Hall–Kier alpha value is -3.75. The Morgan fingerprint density at radius 1 is 0.696 bits per heavy atom. The third-order valence-electron chi connectivity index (χ3n) is 7.42. The minimum absolute atomic E-state index is 0.0732. The number of amides is 2. The number of hydrogen-bond acceptors (Lipinski definition) is 8. The van der Waals surface area contributed by atoms with E-state index < -0.39 is 31.3 Å². The van der Waals surface area contributed by atoms with E-state index in [1.54, 1.807) is 36.4 Å². The highest BCUT2D eigenvalue weighted by Gasteiger charge is 2.27. The molecule has 0 radical (unpaired) electrons. The van der Waals surface area contributed by atoms with E-state index >= 15 is 0 Å². The van der Waals surface area contributed by atoms with Crippen LogP contribution < -0.4 is 26.0 Å². The standard InChI is InChI=1S/C33H42F2IN7O3/c1-36-33(34,35)23-46-32-42-30-39-22-24-12-14-25(15-13-24)28(44)37-20-10-8-6-4-2-3-5-7-9-11-21-38-29(45)26-16-18-27(19-17-26)40-31(41-30)43-32/h12-19H,1-11,20-23H2,(H,37,44)(H,38,45)(H2,39,40,41,42,43). The Labute approximate surface area is 278 Å². The maximum atomic E-state index is 13.9. The van der Waals surface area contributed by atoms with Gasteiger partial charge in [0.2, 0.25) is 11.9 Å². The van der Waals surface area contributed by atoms with E-state index in [2.05, 4.69) is 40.7 Å². The molecule has 0 unspecified atom stereocenters. The van der Waals surface area contributed by atoms with E-state index in [0.717, 1.165) is 37.7 Å². The first-order valence-electron chi connectivity index (χ1n) is 15.7. The van der Waals surface area contributed by atoms with Crippen molar-refractivity contribution >= 4 is 54.6 Å². The number of rotatable bonds is 4. The van der Waals surface area contributed by atoms with Crippen molar-refractivity contribution in [3.05, 3.63) is 65.2 Å². The van der Waals surface area contributed by atoms with E-state index in [1.807, 2.05) is 12.1 Å². The smallest absolute Gasteiger partial charge is 0.324 e. The molecule has 0 saturated carbocycles. The second-order valence-electron chi connectivity index (χ2n) is 11.1. The van der Waals surface area contributed by atoms with Gasteiger partial charge in [0.25, 0.3) is 11.8 Å². The number of carbonyl (C=O) groups is 2. The van der Waals surface area contributed by atoms with E-state index in [1.165, 1.54) is 32.1 Å². The first-order chi connectivity index (χ1) is 22.3. The van der Waals surface area contributed by atoms with Gasteiger partial charge in [-0.15, -0.1) is 0 Å². The molecule has 0 aliphatic carbocycles. The van der Waals surface area contributed by atoms with Crippen molar-refractivity contribution in [3.63, 3.8) is 0 Å². The lowest BCUT2D eigenvalue weighted by Crippen LogP contribution is -2.24. The quantitative estimate of drug-likeness (QED) is 0.166. The zero-order chi connectivity index (χ0) is 32.6. The van der Waals surface area contributed by atoms with E-state index in [0.29, 0.717) is 36.4 Å². The molecule has 3 aliphatic heterocycles. The molecule has 4 heterocycles. The fourth-order valence-electron chi connectivity index (χ4n) is 4.80. The summed E-state index contributed by atoms with van der Waals surface area (Å²) in [5.41, 5.74) is 2.54. The Balaban J connectivity index is 1.47. The minimum atomic E-state index is -3.04. The summed E-state index contributed by atoms with van der Waals surface area (Å²) in [5, 5.41) is 12.1. The van der Waals surface area contributed by atoms with Gasteiger partial charge in [-0.2, -0.15) is 23.7 Å². The Kier molecular flexibility index (Phi) is 14.1. The van der Waals surface area contributed by atoms with Crippen LogP contribution in [0.3, 0.4) is 0 Å². The summed E-state index contributed by atoms with van der Waals surface area (Å²) in [6.07, 6.45) is 11.2. The number of nitrogens with one attached hydrogen (secondary N) is 4. The molecular weight excluding hydrogens is 707 g/mol. The zero-order valence-electron chi connectivity index (χ0n) is 25.9. The summed E-state index contributed by atoms with van der Waals surface area (Å²) >= 11 is -1.63. The lowest BCUT2D eigenvalue weighted by Gasteiger charge is -2.14. The predicted octanol–water partition coefficient (Wildman–Crippen LogP) is 6.98. The maximum Gasteiger partial charge on any atom is 0.324 e. The summed E-state index contributed by atoms with van der Waals surface area (Å²) in [7, 11) is 0. The van der Waals surface area contributed by atoms with Gasteiger partial charge in [0.05, 0.1) is 0 Å². The van der Waals surface area contributed by atoms with Gasteiger partial charge in [0, 0.05) is 36.4 Å². The van der Waals surface area contributed by atoms with Gasteiger partial charge in [0.1, 0.15) is 0 Å². The average molecular weight is 750 g/mol. The second-order valence-corrected chi connectivity index (χ2v) is 13.4. The summed E-state index contributed by atoms with van der Waals surface area (Å²) < 4.78 is 33.4. The van der Waals surface area contributed by atoms with Crippen LogP contribution in [-0.2, 0) is 6.54 Å². The predicted molar refractivity (Wildman–Crippen MR) is 186 cm³/mol. The van der Waals surface area contributed by atoms with Crippen molar-refractivity contribution in [2.45, 2.75) is 74.7 Å². The maximum absolute atomic E-state index is 13.9. The summed E-state index contributed by atoms with van der Waals surface area (Å²) in [5.74, 6) is -0.0693. The highest BCUT2D eigenvalue weighted by atomic mass is 127. The number of carbonyl (C=O) groups excluding carboxylic acids is 2. The van der Waals surface area contributed by atoms with Crippen LogP contribution in [0, 0.1) is 0 Å². The molecule has 10 nitrogen and oxygen atoms in total. The Morgan fingerprint density at radius 3 is 1.74 bits per heavy atom. The van der Waals surface area contributed by atoms with Crippen LogP contribution in [0.15, 0.2) is 48.5 Å². The molecule has 46 heavy (non-hydrogen) atoms. The van der Waals surface area contributed by atoms with E-state index in [9.17, 15) is 18.4 Å². The third-order valence-corrected chi connectivity index (χ3v) is 8.85. The number of hydrogen-bond donors (Lipinski definition) is 4. The molecule has 2 aromatic carbocycles. The number of fused-ring (bicyclic) bond motifs is 2. The van der Waals surface area contributed by atoms with Gasteiger partial charge >= 0.3 is 9.94 Å². The molecule has 6 bridgehead atoms. The first-order valence-corrected chi connectivity index (χ1v) is 18.3. The van der Waals surface area contributed by atoms with Crippen molar-refractivity contribution < 1.29 is 23.1 Å². The molecule has 0 saturated heterocycles. The van der Waals surface area contributed by atoms with Gasteiger partial charge < -0.3 is 26.0 Å². The van der Waals surface area contributed by atoms with E-state index in [4.69, 9.17) is 4.74 Å². The number of anilines is 3. The van der Waals surface area contributed by atoms with E-state index in [-0.39, 0.29) is 29.7 Å². The largest absolute Gasteiger partial charge is 0.456 e. The van der Waals surface area contributed by atoms with Crippen LogP contribution in [-0.4, -0.2) is 54.9 Å². The van der Waals surface area contributed by atoms with Crippen LogP contribution in [0.2, 0.25) is 0 Å². The topological polar surface area (TPSA) is 130 Å². The normalized spacial score (nSPS) is 16.4. The van der Waals surface area contributed by atoms with Crippen LogP contribution in [0.5, 0.6) is 6.01 Å². The minimum Gasteiger partial charge on any atom is -0.456 e. The lowest BCUT2D eigenvalue weighted by atomic mass is 10.1. The van der Waals surface area contributed by atoms with Crippen LogP contribution >= 0.6 is 20.7 Å². The average Bonchev–Trinajstić information content (AvgIpc) is 3.06.